The summed E-state index contributed by atoms with van der Waals surface area (Å²) in [6.45, 7) is 2.27. The molecule has 6 rings (SSSR count). The number of hydrogen-bond donors (Lipinski definition) is 0. The second kappa shape index (κ2) is 6.69. The first-order valence-corrected chi connectivity index (χ1v) is 12.6. The van der Waals surface area contributed by atoms with Crippen molar-refractivity contribution in [2.45, 2.75) is 39.0 Å². The second-order valence-electron chi connectivity index (χ2n) is 8.91. The molecule has 0 saturated heterocycles. The molecule has 0 spiro atoms. The van der Waals surface area contributed by atoms with Crippen LogP contribution in [0.15, 0.2) is 54.7 Å². The van der Waals surface area contributed by atoms with Gasteiger partial charge in [0.2, 0.25) is 0 Å². The molecule has 2 heterocycles. The first kappa shape index (κ1) is 17.7. The Morgan fingerprint density at radius 2 is 1.83 bits per heavy atom. The van der Waals surface area contributed by atoms with Crippen molar-refractivity contribution in [1.29, 1.82) is 0 Å². The van der Waals surface area contributed by atoms with Crippen LogP contribution in [0.1, 0.15) is 36.8 Å². The van der Waals surface area contributed by atoms with Crippen LogP contribution in [-0.2, 0) is 13.5 Å². The molecular weight excluding hydrogens is 417 g/mol. The molecule has 0 unspecified atom stereocenters. The molecule has 1 nitrogen and oxygen atoms in total. The summed E-state index contributed by atoms with van der Waals surface area (Å²) in [5, 5.41) is 5.73. The van der Waals surface area contributed by atoms with E-state index >= 15 is 0 Å². The summed E-state index contributed by atoms with van der Waals surface area (Å²) in [5.74, 6) is 0.894. The van der Waals surface area contributed by atoms with Crippen LogP contribution < -0.4 is 13.5 Å². The zero-order chi connectivity index (χ0) is 19.5. The van der Waals surface area contributed by atoms with Crippen LogP contribution in [0.25, 0.3) is 32.8 Å². The number of benzene rings is 3. The Morgan fingerprint density at radius 3 is 2.69 bits per heavy atom. The summed E-state index contributed by atoms with van der Waals surface area (Å²) in [5.41, 5.74) is 5.81. The molecule has 2 aliphatic rings. The maximum atomic E-state index is 2.53. The van der Waals surface area contributed by atoms with Crippen LogP contribution in [0.2, 0.25) is 0 Å². The van der Waals surface area contributed by atoms with Crippen molar-refractivity contribution in [2.75, 3.05) is 0 Å². The average molecular weight is 443 g/mol. The molecule has 1 fully saturated rings. The molecule has 4 aromatic rings. The number of nitrogens with zero attached hydrogens (tertiary/aromatic N) is 1. The molecule has 3 aromatic carbocycles. The van der Waals surface area contributed by atoms with Gasteiger partial charge in [-0.05, 0) is 0 Å². The molecule has 1 saturated carbocycles. The fourth-order valence-corrected chi connectivity index (χ4v) is 8.26. The van der Waals surface area contributed by atoms with Gasteiger partial charge in [0.25, 0.3) is 0 Å². The van der Waals surface area contributed by atoms with Crippen LogP contribution >= 0.6 is 0 Å². The Morgan fingerprint density at radius 1 is 1.00 bits per heavy atom. The van der Waals surface area contributed by atoms with Gasteiger partial charge in [0.1, 0.15) is 0 Å². The molecule has 0 amide bonds. The third-order valence-corrected chi connectivity index (χ3v) is 9.40. The van der Waals surface area contributed by atoms with Crippen molar-refractivity contribution in [3.8, 4) is 11.3 Å². The zero-order valence-electron chi connectivity index (χ0n) is 17.2. The summed E-state index contributed by atoms with van der Waals surface area (Å²) in [6.07, 6.45) is 9.27. The van der Waals surface area contributed by atoms with Crippen molar-refractivity contribution < 1.29 is 4.57 Å². The third-order valence-electron chi connectivity index (χ3n) is 6.93. The molecular formula is C27H26NSe+. The summed E-state index contributed by atoms with van der Waals surface area (Å²) < 4.78 is 5.49. The molecule has 144 valence electrons. The average Bonchev–Trinajstić information content (AvgIpc) is 3.24. The third kappa shape index (κ3) is 2.77. The van der Waals surface area contributed by atoms with Gasteiger partial charge in [-0.15, -0.1) is 0 Å². The monoisotopic (exact) mass is 444 g/mol. The normalized spacial score (nSPS) is 15.9. The van der Waals surface area contributed by atoms with E-state index in [4.69, 9.17) is 0 Å². The second-order valence-corrected chi connectivity index (χ2v) is 11.1. The Hall–Kier alpha value is -2.15. The maximum absolute atomic E-state index is 2.53. The Kier molecular flexibility index (Phi) is 4.08. The van der Waals surface area contributed by atoms with Crippen molar-refractivity contribution in [1.82, 2.24) is 0 Å². The van der Waals surface area contributed by atoms with E-state index in [1.54, 1.807) is 4.46 Å². The van der Waals surface area contributed by atoms with Crippen molar-refractivity contribution >= 4 is 45.4 Å². The van der Waals surface area contributed by atoms with E-state index in [9.17, 15) is 0 Å². The predicted octanol–water partition coefficient (Wildman–Crippen LogP) is 4.49. The van der Waals surface area contributed by atoms with Gasteiger partial charge in [0, 0.05) is 0 Å². The van der Waals surface area contributed by atoms with Crippen LogP contribution in [0.3, 0.4) is 0 Å². The number of pyridine rings is 1. The fraction of sp³-hybridized carbons (Fsp3) is 0.296. The van der Waals surface area contributed by atoms with Gasteiger partial charge in [-0.2, -0.15) is 0 Å². The van der Waals surface area contributed by atoms with Crippen molar-refractivity contribution in [3.05, 3.63) is 65.9 Å². The molecule has 0 atom stereocenters. The summed E-state index contributed by atoms with van der Waals surface area (Å²) in [4.78, 5) is 0. The summed E-state index contributed by atoms with van der Waals surface area (Å²) in [6, 6.07) is 18.7. The number of fused-ring (bicyclic) bond motifs is 4. The number of aromatic nitrogens is 1. The predicted molar refractivity (Wildman–Crippen MR) is 123 cm³/mol. The SMILES string of the molecule is Cc1ccc2cccc3c2c1-c1c(c2cc(CC4CCCC4)ccc2c[n+]1C)[Se]3. The molecule has 1 aliphatic heterocycles. The van der Waals surface area contributed by atoms with Gasteiger partial charge in [-0.1, -0.05) is 0 Å². The van der Waals surface area contributed by atoms with Gasteiger partial charge in [-0.3, -0.25) is 0 Å². The van der Waals surface area contributed by atoms with Gasteiger partial charge >= 0.3 is 179 Å². The topological polar surface area (TPSA) is 3.88 Å². The molecule has 0 N–H and O–H groups in total. The fourth-order valence-electron chi connectivity index (χ4n) is 5.49. The van der Waals surface area contributed by atoms with Crippen LogP contribution in [0.4, 0.5) is 0 Å². The van der Waals surface area contributed by atoms with Crippen molar-refractivity contribution in [3.63, 3.8) is 0 Å². The molecule has 0 radical (unpaired) electrons. The van der Waals surface area contributed by atoms with E-state index in [0.29, 0.717) is 15.0 Å². The zero-order valence-corrected chi connectivity index (χ0v) is 18.9. The Bertz CT molecular complexity index is 1280. The van der Waals surface area contributed by atoms with Crippen LogP contribution in [-0.4, -0.2) is 15.0 Å². The Balaban J connectivity index is 1.61. The van der Waals surface area contributed by atoms with E-state index in [-0.39, 0.29) is 0 Å². The van der Waals surface area contributed by atoms with Gasteiger partial charge in [-0.25, -0.2) is 0 Å². The van der Waals surface area contributed by atoms with E-state index in [0.717, 1.165) is 5.92 Å². The van der Waals surface area contributed by atoms with E-state index in [1.165, 1.54) is 80.5 Å². The molecule has 29 heavy (non-hydrogen) atoms. The van der Waals surface area contributed by atoms with E-state index in [1.807, 2.05) is 0 Å². The molecule has 1 aromatic heterocycles. The van der Waals surface area contributed by atoms with Crippen LogP contribution in [0, 0.1) is 12.8 Å². The van der Waals surface area contributed by atoms with Gasteiger partial charge in [0.15, 0.2) is 0 Å². The summed E-state index contributed by atoms with van der Waals surface area (Å²) >= 11 is 0.332. The minimum absolute atomic E-state index is 0.332. The standard InChI is InChI=1S/C27H26NSe/c1-17-10-12-20-8-5-9-23-25(20)24(17)26-27(29-23)22-15-19(14-18-6-3-4-7-18)11-13-21(22)16-28(26)2/h5,8-13,15-16,18H,3-4,6-7,14H2,1-2H3/q+1. The van der Waals surface area contributed by atoms with Crippen LogP contribution in [0.5, 0.6) is 0 Å². The van der Waals surface area contributed by atoms with Gasteiger partial charge < -0.3 is 0 Å². The molecule has 0 bridgehead atoms. The van der Waals surface area contributed by atoms with Crippen molar-refractivity contribution in [2.24, 2.45) is 13.0 Å². The van der Waals surface area contributed by atoms with E-state index in [2.05, 4.69) is 73.3 Å². The molecule has 2 heteroatoms. The minimum atomic E-state index is 0.332. The van der Waals surface area contributed by atoms with Gasteiger partial charge in [0.05, 0.1) is 0 Å². The first-order chi connectivity index (χ1) is 14.2. The number of aryl methyl sites for hydroxylation is 2. The number of rotatable bonds is 2. The quantitative estimate of drug-likeness (QED) is 0.280. The van der Waals surface area contributed by atoms with E-state index < -0.39 is 0 Å². The molecule has 1 aliphatic carbocycles. The summed E-state index contributed by atoms with van der Waals surface area (Å²) in [7, 11) is 2.23. The Labute approximate surface area is 178 Å². The first-order valence-electron chi connectivity index (χ1n) is 10.8. The number of hydrogen-bond acceptors (Lipinski definition) is 0.